The molecule has 0 aliphatic carbocycles. The summed E-state index contributed by atoms with van der Waals surface area (Å²) in [5, 5.41) is 0. The van der Waals surface area contributed by atoms with Gasteiger partial charge in [0.2, 0.25) is 0 Å². The van der Waals surface area contributed by atoms with Crippen LogP contribution in [0, 0.1) is 0 Å². The van der Waals surface area contributed by atoms with Gasteiger partial charge in [0.1, 0.15) is 17.8 Å². The second-order valence-electron chi connectivity index (χ2n) is 11.1. The molecule has 0 aliphatic rings. The summed E-state index contributed by atoms with van der Waals surface area (Å²) in [4.78, 5) is 24.7. The molecule has 0 aromatic heterocycles. The first-order chi connectivity index (χ1) is 19.7. The molecule has 2 aromatic carbocycles. The smallest absolute Gasteiger partial charge is 0.151 e. The molecule has 0 heterocycles. The van der Waals surface area contributed by atoms with Crippen molar-refractivity contribution < 1.29 is 19.1 Å². The average Bonchev–Trinajstić information content (AvgIpc) is 2.97. The quantitative estimate of drug-likeness (QED) is 0.0701. The Morgan fingerprint density at radius 3 is 1.43 bits per heavy atom. The van der Waals surface area contributed by atoms with Crippen molar-refractivity contribution in [1.29, 1.82) is 0 Å². The fourth-order valence-electron chi connectivity index (χ4n) is 4.98. The van der Waals surface area contributed by atoms with Gasteiger partial charge in [-0.1, -0.05) is 128 Å². The highest BCUT2D eigenvalue weighted by atomic mass is 16.5. The molecule has 0 aliphatic heterocycles. The van der Waals surface area contributed by atoms with Crippen LogP contribution in [0.15, 0.2) is 48.5 Å². The van der Waals surface area contributed by atoms with Gasteiger partial charge in [0, 0.05) is 6.42 Å². The topological polar surface area (TPSA) is 52.6 Å². The number of hydrogen-bond donors (Lipinski definition) is 0. The maximum atomic E-state index is 12.9. The molecule has 0 N–H and O–H groups in total. The summed E-state index contributed by atoms with van der Waals surface area (Å²) in [5.41, 5.74) is 1.60. The molecule has 1 unspecified atom stereocenters. The van der Waals surface area contributed by atoms with Crippen LogP contribution in [-0.2, 0) is 16.0 Å². The lowest BCUT2D eigenvalue weighted by molar-refractivity contribution is -0.123. The van der Waals surface area contributed by atoms with E-state index in [1.54, 1.807) is 0 Å². The number of hydrogen-bond acceptors (Lipinski definition) is 4. The van der Waals surface area contributed by atoms with E-state index in [-0.39, 0.29) is 12.2 Å². The van der Waals surface area contributed by atoms with Gasteiger partial charge < -0.3 is 14.3 Å². The van der Waals surface area contributed by atoms with E-state index in [9.17, 15) is 9.59 Å². The van der Waals surface area contributed by atoms with Crippen LogP contribution in [0.2, 0.25) is 0 Å². The van der Waals surface area contributed by atoms with E-state index in [0.717, 1.165) is 42.8 Å². The highest BCUT2D eigenvalue weighted by molar-refractivity contribution is 6.00. The van der Waals surface area contributed by atoms with Crippen LogP contribution < -0.4 is 9.47 Å². The first-order valence-electron chi connectivity index (χ1n) is 16.1. The minimum atomic E-state index is -0.764. The number of benzene rings is 2. The molecule has 0 amide bonds. The SMILES string of the molecule is CCCCCCCCCCCCOc1ccc(C(C=O)C(=O)Cc2ccc(OCCCCCCCC)cc2)cc1. The predicted molar refractivity (Wildman–Crippen MR) is 167 cm³/mol. The van der Waals surface area contributed by atoms with Gasteiger partial charge in [0.05, 0.1) is 19.1 Å². The Balaban J connectivity index is 1.65. The summed E-state index contributed by atoms with van der Waals surface area (Å²) in [6.07, 6.45) is 21.4. The fourth-order valence-corrected chi connectivity index (χ4v) is 4.98. The number of ketones is 1. The molecule has 222 valence electrons. The van der Waals surface area contributed by atoms with Crippen molar-refractivity contribution in [3.05, 3.63) is 59.7 Å². The summed E-state index contributed by atoms with van der Waals surface area (Å²) in [6.45, 7) is 5.91. The molecular weight excluding hydrogens is 496 g/mol. The third kappa shape index (κ3) is 14.7. The molecule has 0 saturated carbocycles. The van der Waals surface area contributed by atoms with E-state index >= 15 is 0 Å². The van der Waals surface area contributed by atoms with Crippen molar-refractivity contribution in [3.8, 4) is 11.5 Å². The van der Waals surface area contributed by atoms with Gasteiger partial charge in [0.25, 0.3) is 0 Å². The number of carbonyl (C=O) groups is 2. The van der Waals surface area contributed by atoms with Crippen LogP contribution in [0.5, 0.6) is 11.5 Å². The van der Waals surface area contributed by atoms with E-state index in [2.05, 4.69) is 13.8 Å². The largest absolute Gasteiger partial charge is 0.494 e. The highest BCUT2D eigenvalue weighted by Gasteiger charge is 2.20. The number of rotatable bonds is 25. The van der Waals surface area contributed by atoms with Crippen LogP contribution >= 0.6 is 0 Å². The van der Waals surface area contributed by atoms with Gasteiger partial charge in [-0.15, -0.1) is 0 Å². The summed E-state index contributed by atoms with van der Waals surface area (Å²) >= 11 is 0. The summed E-state index contributed by atoms with van der Waals surface area (Å²) in [7, 11) is 0. The van der Waals surface area contributed by atoms with Crippen molar-refractivity contribution in [2.24, 2.45) is 0 Å². The van der Waals surface area contributed by atoms with E-state index in [0.29, 0.717) is 12.2 Å². The van der Waals surface area contributed by atoms with Gasteiger partial charge in [-0.3, -0.25) is 4.79 Å². The lowest BCUT2D eigenvalue weighted by atomic mass is 9.92. The van der Waals surface area contributed by atoms with Crippen LogP contribution in [0.25, 0.3) is 0 Å². The second-order valence-corrected chi connectivity index (χ2v) is 11.1. The Labute approximate surface area is 244 Å². The zero-order valence-electron chi connectivity index (χ0n) is 25.3. The molecule has 2 rings (SSSR count). The van der Waals surface area contributed by atoms with Crippen LogP contribution in [0.3, 0.4) is 0 Å². The van der Waals surface area contributed by atoms with Gasteiger partial charge in [-0.05, 0) is 48.2 Å². The summed E-state index contributed by atoms with van der Waals surface area (Å²) < 4.78 is 11.7. The molecule has 0 fully saturated rings. The number of aldehydes is 1. The molecule has 0 saturated heterocycles. The zero-order valence-corrected chi connectivity index (χ0v) is 25.3. The third-order valence-corrected chi connectivity index (χ3v) is 7.56. The van der Waals surface area contributed by atoms with Crippen LogP contribution in [-0.4, -0.2) is 25.3 Å². The Bertz CT molecular complexity index is 903. The number of carbonyl (C=O) groups excluding carboxylic acids is 2. The molecule has 4 heteroatoms. The van der Waals surface area contributed by atoms with Crippen molar-refractivity contribution in [2.75, 3.05) is 13.2 Å². The first-order valence-corrected chi connectivity index (χ1v) is 16.1. The standard InChI is InChI=1S/C36H54O4/c1-3-5-7-9-11-12-13-14-16-18-28-40-34-25-21-32(22-26-34)35(30-37)36(38)29-31-19-23-33(24-20-31)39-27-17-15-10-8-6-4-2/h19-26,30,35H,3-18,27-29H2,1-2H3. The maximum Gasteiger partial charge on any atom is 0.151 e. The molecule has 0 spiro atoms. The average molecular weight is 551 g/mol. The van der Waals surface area contributed by atoms with Gasteiger partial charge in [0.15, 0.2) is 5.78 Å². The van der Waals surface area contributed by atoms with Crippen LogP contribution in [0.1, 0.15) is 134 Å². The normalized spacial score (nSPS) is 11.8. The van der Waals surface area contributed by atoms with E-state index < -0.39 is 5.92 Å². The number of unbranched alkanes of at least 4 members (excludes halogenated alkanes) is 14. The molecule has 1 atom stereocenters. The molecule has 0 bridgehead atoms. The second kappa shape index (κ2) is 22.1. The molecule has 2 aromatic rings. The minimum absolute atomic E-state index is 0.102. The van der Waals surface area contributed by atoms with E-state index in [1.165, 1.54) is 89.9 Å². The molecule has 0 radical (unpaired) electrons. The zero-order chi connectivity index (χ0) is 28.7. The predicted octanol–water partition coefficient (Wildman–Crippen LogP) is 9.82. The maximum absolute atomic E-state index is 12.9. The van der Waals surface area contributed by atoms with Crippen molar-refractivity contribution >= 4 is 12.1 Å². The lowest BCUT2D eigenvalue weighted by Gasteiger charge is -2.12. The number of Topliss-reactive ketones (excluding diaryl/α,β-unsaturated/α-hetero) is 1. The van der Waals surface area contributed by atoms with Crippen molar-refractivity contribution in [1.82, 2.24) is 0 Å². The summed E-state index contributed by atoms with van der Waals surface area (Å²) in [5.74, 6) is 0.743. The third-order valence-electron chi connectivity index (χ3n) is 7.56. The Kier molecular flexibility index (Phi) is 18.6. The molecular formula is C36H54O4. The Hall–Kier alpha value is -2.62. The molecule has 4 nitrogen and oxygen atoms in total. The lowest BCUT2D eigenvalue weighted by Crippen LogP contribution is -2.16. The fraction of sp³-hybridized carbons (Fsp3) is 0.611. The van der Waals surface area contributed by atoms with Crippen LogP contribution in [0.4, 0.5) is 0 Å². The van der Waals surface area contributed by atoms with E-state index in [4.69, 9.17) is 9.47 Å². The Morgan fingerprint density at radius 1 is 0.600 bits per heavy atom. The van der Waals surface area contributed by atoms with Crippen molar-refractivity contribution in [2.45, 2.75) is 129 Å². The highest BCUT2D eigenvalue weighted by Crippen LogP contribution is 2.22. The minimum Gasteiger partial charge on any atom is -0.494 e. The van der Waals surface area contributed by atoms with Gasteiger partial charge in [-0.25, -0.2) is 0 Å². The Morgan fingerprint density at radius 2 is 1.00 bits per heavy atom. The summed E-state index contributed by atoms with van der Waals surface area (Å²) in [6, 6.07) is 15.1. The first kappa shape index (κ1) is 33.6. The number of ether oxygens (including phenoxy) is 2. The molecule has 40 heavy (non-hydrogen) atoms. The van der Waals surface area contributed by atoms with Gasteiger partial charge in [-0.2, -0.15) is 0 Å². The monoisotopic (exact) mass is 550 g/mol. The van der Waals surface area contributed by atoms with Crippen molar-refractivity contribution in [3.63, 3.8) is 0 Å². The van der Waals surface area contributed by atoms with E-state index in [1.807, 2.05) is 48.5 Å². The van der Waals surface area contributed by atoms with Gasteiger partial charge >= 0.3 is 0 Å².